The van der Waals surface area contributed by atoms with Gasteiger partial charge in [-0.2, -0.15) is 5.10 Å². The van der Waals surface area contributed by atoms with Crippen molar-refractivity contribution in [3.8, 4) is 17.2 Å². The molecule has 0 radical (unpaired) electrons. The lowest BCUT2D eigenvalue weighted by atomic mass is 10.3. The Balaban J connectivity index is 2.19. The fraction of sp³-hybridized carbons (Fsp3) is 0. The number of H-pyrrole nitrogens is 1. The van der Waals surface area contributed by atoms with E-state index in [1.807, 2.05) is 47.0 Å². The quantitative estimate of drug-likeness (QED) is 0.732. The predicted molar refractivity (Wildman–Crippen MR) is 77.0 cm³/mol. The molecule has 0 aliphatic heterocycles. The van der Waals surface area contributed by atoms with Crippen LogP contribution in [0.2, 0.25) is 5.02 Å². The van der Waals surface area contributed by atoms with E-state index < -0.39 is 0 Å². The maximum atomic E-state index is 5.90. The van der Waals surface area contributed by atoms with Crippen molar-refractivity contribution in [1.29, 1.82) is 0 Å². The lowest BCUT2D eigenvalue weighted by Gasteiger charge is -2.06. The van der Waals surface area contributed by atoms with Crippen molar-refractivity contribution in [1.82, 2.24) is 19.7 Å². The van der Waals surface area contributed by atoms with Crippen LogP contribution in [0.15, 0.2) is 48.7 Å². The van der Waals surface area contributed by atoms with Gasteiger partial charge in [-0.25, -0.2) is 0 Å². The van der Waals surface area contributed by atoms with Gasteiger partial charge in [0.1, 0.15) is 5.69 Å². The third-order valence-electron chi connectivity index (χ3n) is 2.65. The predicted octanol–water partition coefficient (Wildman–Crippen LogP) is 3.65. The number of benzene rings is 1. The van der Waals surface area contributed by atoms with Crippen molar-refractivity contribution in [2.45, 2.75) is 0 Å². The third-order valence-corrected chi connectivity index (χ3v) is 3.18. The molecule has 0 aliphatic rings. The first-order valence-corrected chi connectivity index (χ1v) is 6.39. The highest BCUT2D eigenvalue weighted by Gasteiger charge is 2.11. The minimum absolute atomic E-state index is 0.517. The van der Waals surface area contributed by atoms with Crippen molar-refractivity contribution in [3.63, 3.8) is 0 Å². The number of nitrogens with zero attached hydrogens (tertiary/aromatic N) is 3. The zero-order valence-corrected chi connectivity index (χ0v) is 11.3. The summed E-state index contributed by atoms with van der Waals surface area (Å²) < 4.78 is 2.34. The van der Waals surface area contributed by atoms with Gasteiger partial charge < -0.3 is 0 Å². The monoisotopic (exact) mass is 288 g/mol. The Morgan fingerprint density at radius 3 is 2.58 bits per heavy atom. The summed E-state index contributed by atoms with van der Waals surface area (Å²) in [5.74, 6) is 0.674. The van der Waals surface area contributed by atoms with Crippen LogP contribution in [-0.2, 0) is 0 Å². The number of pyridine rings is 1. The molecule has 1 N–H and O–H groups in total. The average molecular weight is 289 g/mol. The number of aromatic amines is 1. The molecule has 0 bridgehead atoms. The van der Waals surface area contributed by atoms with Gasteiger partial charge in [-0.15, -0.1) is 0 Å². The summed E-state index contributed by atoms with van der Waals surface area (Å²) in [6, 6.07) is 13.1. The molecule has 2 heterocycles. The summed E-state index contributed by atoms with van der Waals surface area (Å²) in [6.07, 6.45) is 1.72. The number of aromatic nitrogens is 4. The smallest absolute Gasteiger partial charge is 0.200 e. The molecular weight excluding hydrogens is 280 g/mol. The molecule has 19 heavy (non-hydrogen) atoms. The third kappa shape index (κ3) is 2.30. The largest absolute Gasteiger partial charge is 0.267 e. The zero-order valence-electron chi connectivity index (χ0n) is 9.75. The highest BCUT2D eigenvalue weighted by atomic mass is 35.5. The van der Waals surface area contributed by atoms with Crippen LogP contribution in [0.5, 0.6) is 0 Å². The van der Waals surface area contributed by atoms with Gasteiger partial charge >= 0.3 is 0 Å². The number of rotatable bonds is 2. The van der Waals surface area contributed by atoms with Gasteiger partial charge in [0.15, 0.2) is 10.6 Å². The molecule has 94 valence electrons. The number of nitrogens with one attached hydrogen (secondary N) is 1. The van der Waals surface area contributed by atoms with Crippen LogP contribution in [0.1, 0.15) is 0 Å². The Morgan fingerprint density at radius 1 is 1.11 bits per heavy atom. The fourth-order valence-corrected chi connectivity index (χ4v) is 2.16. The van der Waals surface area contributed by atoms with E-state index in [2.05, 4.69) is 15.2 Å². The second kappa shape index (κ2) is 4.95. The maximum absolute atomic E-state index is 5.90. The van der Waals surface area contributed by atoms with Gasteiger partial charge in [0.2, 0.25) is 0 Å². The molecule has 0 unspecified atom stereocenters. The van der Waals surface area contributed by atoms with Crippen LogP contribution in [-0.4, -0.2) is 19.7 Å². The minimum Gasteiger partial charge on any atom is -0.267 e. The van der Waals surface area contributed by atoms with E-state index in [4.69, 9.17) is 23.8 Å². The Kier molecular flexibility index (Phi) is 3.15. The summed E-state index contributed by atoms with van der Waals surface area (Å²) in [7, 11) is 0. The molecule has 0 saturated carbocycles. The number of hydrogen-bond acceptors (Lipinski definition) is 3. The van der Waals surface area contributed by atoms with Crippen LogP contribution in [0.25, 0.3) is 17.2 Å². The zero-order chi connectivity index (χ0) is 13.2. The SMILES string of the molecule is S=c1[nH]nc(-c2ccccn2)n1-c1ccc(Cl)cc1. The molecule has 0 aliphatic carbocycles. The molecule has 1 aromatic carbocycles. The second-order valence-electron chi connectivity index (χ2n) is 3.88. The van der Waals surface area contributed by atoms with Gasteiger partial charge in [0, 0.05) is 11.2 Å². The van der Waals surface area contributed by atoms with Crippen molar-refractivity contribution < 1.29 is 0 Å². The van der Waals surface area contributed by atoms with Gasteiger partial charge in [-0.1, -0.05) is 17.7 Å². The van der Waals surface area contributed by atoms with E-state index in [9.17, 15) is 0 Å². The number of halogens is 1. The van der Waals surface area contributed by atoms with Crippen molar-refractivity contribution >= 4 is 23.8 Å². The molecule has 4 nitrogen and oxygen atoms in total. The molecule has 6 heteroatoms. The van der Waals surface area contributed by atoms with Crippen LogP contribution < -0.4 is 0 Å². The molecule has 3 aromatic rings. The van der Waals surface area contributed by atoms with Crippen molar-refractivity contribution in [3.05, 3.63) is 58.5 Å². The summed E-state index contributed by atoms with van der Waals surface area (Å²) in [5, 5.41) is 7.71. The summed E-state index contributed by atoms with van der Waals surface area (Å²) >= 11 is 11.2. The van der Waals surface area contributed by atoms with Crippen LogP contribution in [0, 0.1) is 4.77 Å². The minimum atomic E-state index is 0.517. The fourth-order valence-electron chi connectivity index (χ4n) is 1.79. The molecule has 0 spiro atoms. The van der Waals surface area contributed by atoms with Crippen molar-refractivity contribution in [2.75, 3.05) is 0 Å². The van der Waals surface area contributed by atoms with E-state index in [1.165, 1.54) is 0 Å². The van der Waals surface area contributed by atoms with E-state index >= 15 is 0 Å². The molecule has 0 atom stereocenters. The molecule has 2 aromatic heterocycles. The van der Waals surface area contributed by atoms with Crippen LogP contribution in [0.4, 0.5) is 0 Å². The Labute approximate surface area is 119 Å². The topological polar surface area (TPSA) is 46.5 Å². The van der Waals surface area contributed by atoms with Crippen molar-refractivity contribution in [2.24, 2.45) is 0 Å². The Morgan fingerprint density at radius 2 is 1.89 bits per heavy atom. The lowest BCUT2D eigenvalue weighted by Crippen LogP contribution is -1.98. The summed E-state index contributed by atoms with van der Waals surface area (Å²) in [5.41, 5.74) is 1.65. The summed E-state index contributed by atoms with van der Waals surface area (Å²) in [4.78, 5) is 4.29. The molecular formula is C13H9ClN4S. The average Bonchev–Trinajstić information content (AvgIpc) is 2.83. The standard InChI is InChI=1S/C13H9ClN4S/c14-9-4-6-10(7-5-9)18-12(16-17-13(18)19)11-3-1-2-8-15-11/h1-8H,(H,17,19). The molecule has 0 saturated heterocycles. The van der Waals surface area contributed by atoms with E-state index in [-0.39, 0.29) is 0 Å². The summed E-state index contributed by atoms with van der Waals surface area (Å²) in [6.45, 7) is 0. The Hall–Kier alpha value is -1.98. The van der Waals surface area contributed by atoms with Gasteiger partial charge in [0.05, 0.1) is 5.69 Å². The van der Waals surface area contributed by atoms with Gasteiger partial charge in [0.25, 0.3) is 0 Å². The van der Waals surface area contributed by atoms with E-state index in [1.54, 1.807) is 6.20 Å². The number of hydrogen-bond donors (Lipinski definition) is 1. The van der Waals surface area contributed by atoms with E-state index in [0.29, 0.717) is 15.6 Å². The normalized spacial score (nSPS) is 10.6. The van der Waals surface area contributed by atoms with Crippen LogP contribution >= 0.6 is 23.8 Å². The molecule has 0 amide bonds. The maximum Gasteiger partial charge on any atom is 0.200 e. The molecule has 0 fully saturated rings. The highest BCUT2D eigenvalue weighted by molar-refractivity contribution is 7.71. The Bertz CT molecular complexity index is 746. The first-order chi connectivity index (χ1) is 9.25. The van der Waals surface area contributed by atoms with Crippen LogP contribution in [0.3, 0.4) is 0 Å². The highest BCUT2D eigenvalue weighted by Crippen LogP contribution is 2.20. The van der Waals surface area contributed by atoms with Gasteiger partial charge in [-0.05, 0) is 48.6 Å². The second-order valence-corrected chi connectivity index (χ2v) is 4.70. The first kappa shape index (κ1) is 12.1. The van der Waals surface area contributed by atoms with Gasteiger partial charge in [-0.3, -0.25) is 14.6 Å². The lowest BCUT2D eigenvalue weighted by molar-refractivity contribution is 1.03. The first-order valence-electron chi connectivity index (χ1n) is 5.60. The molecule has 3 rings (SSSR count). The van der Waals surface area contributed by atoms with E-state index in [0.717, 1.165) is 11.4 Å².